The summed E-state index contributed by atoms with van der Waals surface area (Å²) in [6.07, 6.45) is 10.4. The first kappa shape index (κ1) is 10.5. The smallest absolute Gasteiger partial charge is 0.0287 e. The largest absolute Gasteiger partial charge is 0.0599 e. The summed E-state index contributed by atoms with van der Waals surface area (Å²) < 4.78 is 0. The van der Waals surface area contributed by atoms with Crippen LogP contribution in [0.4, 0.5) is 0 Å². The lowest BCUT2D eigenvalue weighted by Crippen LogP contribution is -2.39. The summed E-state index contributed by atoms with van der Waals surface area (Å²) in [4.78, 5) is 0. The molecule has 0 radical (unpaired) electrons. The average Bonchev–Trinajstić information content (AvgIpc) is 2.27. The Hall–Kier alpha value is 0. The topological polar surface area (TPSA) is 0 Å². The Bertz CT molecular complexity index is 198. The van der Waals surface area contributed by atoms with Gasteiger partial charge in [0.05, 0.1) is 0 Å². The lowest BCUT2D eigenvalue weighted by molar-refractivity contribution is 0.00170. The van der Waals surface area contributed by atoms with Gasteiger partial charge in [0.25, 0.3) is 0 Å². The van der Waals surface area contributed by atoms with E-state index in [-0.39, 0.29) is 0 Å². The highest BCUT2D eigenvalue weighted by Crippen LogP contribution is 2.59. The molecule has 0 bridgehead atoms. The maximum absolute atomic E-state index is 2.48. The predicted molar refractivity (Wildman–Crippen MR) is 62.3 cm³/mol. The fourth-order valence-corrected chi connectivity index (χ4v) is 4.99. The lowest BCUT2D eigenvalue weighted by atomic mass is 9.54. The fourth-order valence-electron chi connectivity index (χ4n) is 4.99. The zero-order chi connectivity index (χ0) is 10.4. The van der Waals surface area contributed by atoms with Gasteiger partial charge in [-0.15, -0.1) is 0 Å². The highest BCUT2D eigenvalue weighted by atomic mass is 14.5. The van der Waals surface area contributed by atoms with Crippen molar-refractivity contribution in [3.05, 3.63) is 0 Å². The maximum Gasteiger partial charge on any atom is -0.0287 e. The Kier molecular flexibility index (Phi) is 2.25. The van der Waals surface area contributed by atoms with Gasteiger partial charge >= 0.3 is 0 Å². The van der Waals surface area contributed by atoms with E-state index >= 15 is 0 Å². The first-order valence-corrected chi connectivity index (χ1v) is 6.33. The molecule has 0 amide bonds. The van der Waals surface area contributed by atoms with E-state index < -0.39 is 0 Å². The van der Waals surface area contributed by atoms with Crippen molar-refractivity contribution in [2.75, 3.05) is 0 Å². The second-order valence-corrected chi connectivity index (χ2v) is 7.57. The Morgan fingerprint density at radius 3 is 1.50 bits per heavy atom. The van der Waals surface area contributed by atoms with Crippen molar-refractivity contribution in [3.63, 3.8) is 0 Å². The number of hydrogen-bond acceptors (Lipinski definition) is 0. The summed E-state index contributed by atoms with van der Waals surface area (Å²) in [6, 6.07) is 0. The normalized spacial score (nSPS) is 33.4. The molecule has 0 saturated heterocycles. The predicted octanol–water partition coefficient (Wildman–Crippen LogP) is 4.78. The second-order valence-electron chi connectivity index (χ2n) is 7.57. The van der Waals surface area contributed by atoms with E-state index in [1.807, 2.05) is 0 Å². The standard InChI is InChI=1S/C14H26/c1-12(2)9-13(3,4)11-14(10-12)7-5-6-8-14/h5-11H2,1-4H3. The van der Waals surface area contributed by atoms with Gasteiger partial charge in [-0.25, -0.2) is 0 Å². The molecule has 2 fully saturated rings. The van der Waals surface area contributed by atoms with Gasteiger partial charge in [0.15, 0.2) is 0 Å². The highest BCUT2D eigenvalue weighted by Gasteiger charge is 2.47. The molecule has 0 aromatic carbocycles. The van der Waals surface area contributed by atoms with Crippen LogP contribution in [0.1, 0.15) is 72.6 Å². The molecular weight excluding hydrogens is 168 g/mol. The molecule has 0 aliphatic heterocycles. The molecule has 0 aromatic heterocycles. The van der Waals surface area contributed by atoms with Crippen LogP contribution >= 0.6 is 0 Å². The van der Waals surface area contributed by atoms with Gasteiger partial charge in [-0.05, 0) is 48.3 Å². The number of hydrogen-bond donors (Lipinski definition) is 0. The van der Waals surface area contributed by atoms with Crippen LogP contribution in [0.15, 0.2) is 0 Å². The van der Waals surface area contributed by atoms with Gasteiger partial charge in [-0.1, -0.05) is 40.5 Å². The molecule has 0 nitrogen and oxygen atoms in total. The van der Waals surface area contributed by atoms with Crippen LogP contribution in [0.5, 0.6) is 0 Å². The molecule has 14 heavy (non-hydrogen) atoms. The summed E-state index contributed by atoms with van der Waals surface area (Å²) in [7, 11) is 0. The molecule has 0 heterocycles. The minimum absolute atomic E-state index is 0.589. The van der Waals surface area contributed by atoms with Crippen molar-refractivity contribution in [1.29, 1.82) is 0 Å². The van der Waals surface area contributed by atoms with Gasteiger partial charge in [0.1, 0.15) is 0 Å². The summed E-state index contributed by atoms with van der Waals surface area (Å²) in [5.74, 6) is 0. The van der Waals surface area contributed by atoms with E-state index in [1.165, 1.54) is 44.9 Å². The minimum Gasteiger partial charge on any atom is -0.0599 e. The highest BCUT2D eigenvalue weighted by molar-refractivity contribution is 4.99. The Morgan fingerprint density at radius 1 is 0.643 bits per heavy atom. The van der Waals surface area contributed by atoms with E-state index in [9.17, 15) is 0 Å². The molecule has 2 saturated carbocycles. The zero-order valence-electron chi connectivity index (χ0n) is 10.4. The van der Waals surface area contributed by atoms with Gasteiger partial charge in [-0.3, -0.25) is 0 Å². The Labute approximate surface area is 89.5 Å². The third-order valence-corrected chi connectivity index (χ3v) is 4.33. The Balaban J connectivity index is 2.20. The first-order chi connectivity index (χ1) is 6.33. The third-order valence-electron chi connectivity index (χ3n) is 4.33. The lowest BCUT2D eigenvalue weighted by Gasteiger charge is -2.51. The van der Waals surface area contributed by atoms with Crippen molar-refractivity contribution in [3.8, 4) is 0 Å². The van der Waals surface area contributed by atoms with Crippen LogP contribution in [0, 0.1) is 16.2 Å². The summed E-state index contributed by atoms with van der Waals surface area (Å²) >= 11 is 0. The molecule has 2 rings (SSSR count). The fraction of sp³-hybridized carbons (Fsp3) is 1.00. The maximum atomic E-state index is 2.48. The summed E-state index contributed by atoms with van der Waals surface area (Å²) in [5, 5.41) is 0. The van der Waals surface area contributed by atoms with E-state index in [4.69, 9.17) is 0 Å². The zero-order valence-corrected chi connectivity index (χ0v) is 10.4. The molecular formula is C14H26. The summed E-state index contributed by atoms with van der Waals surface area (Å²) in [6.45, 7) is 9.92. The summed E-state index contributed by atoms with van der Waals surface area (Å²) in [5.41, 5.74) is 1.92. The van der Waals surface area contributed by atoms with Crippen LogP contribution in [-0.4, -0.2) is 0 Å². The van der Waals surface area contributed by atoms with Crippen molar-refractivity contribution >= 4 is 0 Å². The molecule has 2 aliphatic carbocycles. The molecule has 0 unspecified atom stereocenters. The monoisotopic (exact) mass is 194 g/mol. The van der Waals surface area contributed by atoms with Gasteiger partial charge < -0.3 is 0 Å². The van der Waals surface area contributed by atoms with Crippen LogP contribution in [0.2, 0.25) is 0 Å². The molecule has 1 spiro atoms. The first-order valence-electron chi connectivity index (χ1n) is 6.33. The van der Waals surface area contributed by atoms with Crippen LogP contribution < -0.4 is 0 Å². The van der Waals surface area contributed by atoms with Crippen LogP contribution in [0.3, 0.4) is 0 Å². The molecule has 0 heteroatoms. The van der Waals surface area contributed by atoms with Crippen LogP contribution in [-0.2, 0) is 0 Å². The van der Waals surface area contributed by atoms with E-state index in [0.29, 0.717) is 10.8 Å². The van der Waals surface area contributed by atoms with E-state index in [1.54, 1.807) is 0 Å². The SMILES string of the molecule is CC1(C)CC(C)(C)CC2(CCCC2)C1. The van der Waals surface area contributed by atoms with Gasteiger partial charge in [0.2, 0.25) is 0 Å². The quantitative estimate of drug-likeness (QED) is 0.520. The molecule has 0 aromatic rings. The van der Waals surface area contributed by atoms with Gasteiger partial charge in [-0.2, -0.15) is 0 Å². The van der Waals surface area contributed by atoms with Crippen molar-refractivity contribution in [2.45, 2.75) is 72.6 Å². The minimum atomic E-state index is 0.589. The third kappa shape index (κ3) is 1.99. The van der Waals surface area contributed by atoms with Crippen LogP contribution in [0.25, 0.3) is 0 Å². The van der Waals surface area contributed by atoms with Crippen molar-refractivity contribution in [1.82, 2.24) is 0 Å². The molecule has 0 N–H and O–H groups in total. The molecule has 82 valence electrons. The molecule has 0 atom stereocenters. The second kappa shape index (κ2) is 3.00. The molecule has 2 aliphatic rings. The van der Waals surface area contributed by atoms with E-state index in [2.05, 4.69) is 27.7 Å². The van der Waals surface area contributed by atoms with Gasteiger partial charge in [0, 0.05) is 0 Å². The van der Waals surface area contributed by atoms with Crippen molar-refractivity contribution < 1.29 is 0 Å². The average molecular weight is 194 g/mol. The van der Waals surface area contributed by atoms with Crippen molar-refractivity contribution in [2.24, 2.45) is 16.2 Å². The number of rotatable bonds is 0. The Morgan fingerprint density at radius 2 is 1.07 bits per heavy atom. The van der Waals surface area contributed by atoms with E-state index in [0.717, 1.165) is 5.41 Å².